The van der Waals surface area contributed by atoms with Gasteiger partial charge in [-0.15, -0.1) is 0 Å². The molecular formula is C14H22N2OS. The summed E-state index contributed by atoms with van der Waals surface area (Å²) in [6.07, 6.45) is 3.00. The summed E-state index contributed by atoms with van der Waals surface area (Å²) < 4.78 is 0. The van der Waals surface area contributed by atoms with Crippen LogP contribution in [-0.4, -0.2) is 19.0 Å². The Bertz CT molecular complexity index is 383. The maximum absolute atomic E-state index is 12.5. The molecule has 0 aromatic carbocycles. The Morgan fingerprint density at radius 3 is 3.06 bits per heavy atom. The highest BCUT2D eigenvalue weighted by molar-refractivity contribution is 7.07. The van der Waals surface area contributed by atoms with Crippen LogP contribution in [0.1, 0.15) is 44.7 Å². The Morgan fingerprint density at radius 1 is 1.67 bits per heavy atom. The van der Waals surface area contributed by atoms with Crippen molar-refractivity contribution in [1.82, 2.24) is 10.6 Å². The number of hydrogen-bond donors (Lipinski definition) is 2. The Balaban J connectivity index is 2.01. The third kappa shape index (κ3) is 2.75. The second-order valence-electron chi connectivity index (χ2n) is 5.17. The number of carbonyl (C=O) groups is 1. The monoisotopic (exact) mass is 266 g/mol. The van der Waals surface area contributed by atoms with Crippen molar-refractivity contribution in [3.63, 3.8) is 0 Å². The molecule has 4 heteroatoms. The molecule has 18 heavy (non-hydrogen) atoms. The van der Waals surface area contributed by atoms with Gasteiger partial charge in [0.15, 0.2) is 0 Å². The highest BCUT2D eigenvalue weighted by atomic mass is 32.1. The maximum Gasteiger partial charge on any atom is 0.227 e. The number of nitrogens with one attached hydrogen (secondary N) is 2. The van der Waals surface area contributed by atoms with Gasteiger partial charge in [-0.05, 0) is 55.1 Å². The van der Waals surface area contributed by atoms with Crippen LogP contribution >= 0.6 is 11.3 Å². The van der Waals surface area contributed by atoms with E-state index in [0.717, 1.165) is 32.4 Å². The lowest BCUT2D eigenvalue weighted by Gasteiger charge is -2.36. The lowest BCUT2D eigenvalue weighted by molar-refractivity contribution is -0.133. The molecule has 2 heterocycles. The normalized spacial score (nSPS) is 25.7. The largest absolute Gasteiger partial charge is 0.349 e. The Hall–Kier alpha value is -0.870. The van der Waals surface area contributed by atoms with Gasteiger partial charge in [-0.25, -0.2) is 0 Å². The summed E-state index contributed by atoms with van der Waals surface area (Å²) in [5.41, 5.74) is 0.992. The molecule has 0 bridgehead atoms. The lowest BCUT2D eigenvalue weighted by Crippen LogP contribution is -2.50. The van der Waals surface area contributed by atoms with Gasteiger partial charge in [0, 0.05) is 6.54 Å². The van der Waals surface area contributed by atoms with Crippen LogP contribution in [0.25, 0.3) is 0 Å². The fourth-order valence-electron chi connectivity index (χ4n) is 2.58. The van der Waals surface area contributed by atoms with Crippen LogP contribution in [0.15, 0.2) is 16.8 Å². The summed E-state index contributed by atoms with van der Waals surface area (Å²) in [7, 11) is 0. The molecule has 2 atom stereocenters. The van der Waals surface area contributed by atoms with Crippen molar-refractivity contribution < 1.29 is 4.79 Å². The number of piperidine rings is 1. The first-order chi connectivity index (χ1) is 8.68. The van der Waals surface area contributed by atoms with Gasteiger partial charge in [-0.1, -0.05) is 6.92 Å². The third-order valence-corrected chi connectivity index (χ3v) is 4.72. The van der Waals surface area contributed by atoms with Crippen LogP contribution in [0.4, 0.5) is 0 Å². The van der Waals surface area contributed by atoms with Gasteiger partial charge in [0.2, 0.25) is 5.91 Å². The van der Waals surface area contributed by atoms with Crippen molar-refractivity contribution in [1.29, 1.82) is 0 Å². The molecule has 100 valence electrons. The maximum atomic E-state index is 12.5. The molecule has 2 N–H and O–H groups in total. The summed E-state index contributed by atoms with van der Waals surface area (Å²) in [6, 6.07) is 2.18. The zero-order chi connectivity index (χ0) is 13.0. The summed E-state index contributed by atoms with van der Waals surface area (Å²) in [4.78, 5) is 12.5. The van der Waals surface area contributed by atoms with Gasteiger partial charge in [0.1, 0.15) is 0 Å². The van der Waals surface area contributed by atoms with E-state index in [0.29, 0.717) is 0 Å². The fourth-order valence-corrected chi connectivity index (χ4v) is 3.33. The second kappa shape index (κ2) is 5.85. The second-order valence-corrected chi connectivity index (χ2v) is 5.95. The average molecular weight is 266 g/mol. The van der Waals surface area contributed by atoms with E-state index in [9.17, 15) is 4.79 Å². The van der Waals surface area contributed by atoms with Gasteiger partial charge in [-0.3, -0.25) is 4.79 Å². The molecule has 3 nitrogen and oxygen atoms in total. The third-order valence-electron chi connectivity index (χ3n) is 4.02. The van der Waals surface area contributed by atoms with E-state index in [1.807, 2.05) is 0 Å². The van der Waals surface area contributed by atoms with Crippen LogP contribution in [0.3, 0.4) is 0 Å². The van der Waals surface area contributed by atoms with E-state index in [2.05, 4.69) is 41.3 Å². The molecule has 0 aliphatic carbocycles. The summed E-state index contributed by atoms with van der Waals surface area (Å²) in [5, 5.41) is 10.7. The molecule has 2 rings (SSSR count). The highest BCUT2D eigenvalue weighted by Crippen LogP contribution is 2.31. The number of rotatable bonds is 4. The van der Waals surface area contributed by atoms with Crippen LogP contribution in [0, 0.1) is 5.41 Å². The van der Waals surface area contributed by atoms with E-state index < -0.39 is 0 Å². The fraction of sp³-hybridized carbons (Fsp3) is 0.643. The Labute approximate surface area is 113 Å². The first-order valence-electron chi connectivity index (χ1n) is 6.72. The molecule has 0 saturated carbocycles. The molecule has 1 saturated heterocycles. The van der Waals surface area contributed by atoms with Crippen molar-refractivity contribution in [3.05, 3.63) is 22.4 Å². The molecule has 1 aliphatic heterocycles. The number of thiophene rings is 1. The molecule has 1 amide bonds. The van der Waals surface area contributed by atoms with Crippen LogP contribution < -0.4 is 10.6 Å². The van der Waals surface area contributed by atoms with E-state index in [4.69, 9.17) is 0 Å². The molecule has 1 aromatic rings. The number of hydrogen-bond acceptors (Lipinski definition) is 3. The minimum Gasteiger partial charge on any atom is -0.349 e. The minimum atomic E-state index is -0.206. The number of amides is 1. The van der Waals surface area contributed by atoms with Crippen LogP contribution in [-0.2, 0) is 4.79 Å². The van der Waals surface area contributed by atoms with Crippen molar-refractivity contribution in [3.8, 4) is 0 Å². The average Bonchev–Trinajstić information content (AvgIpc) is 2.93. The van der Waals surface area contributed by atoms with Gasteiger partial charge in [0.05, 0.1) is 11.5 Å². The predicted octanol–water partition coefficient (Wildman–Crippen LogP) is 2.71. The van der Waals surface area contributed by atoms with Gasteiger partial charge in [-0.2, -0.15) is 11.3 Å². The van der Waals surface area contributed by atoms with E-state index >= 15 is 0 Å². The standard InChI is InChI=1S/C14H22N2OS/c1-3-14(6-4-7-15-10-14)13(17)16-11(2)12-5-8-18-9-12/h5,8-9,11,15H,3-4,6-7,10H2,1-2H3,(H,16,17). The van der Waals surface area contributed by atoms with Crippen molar-refractivity contribution in [2.24, 2.45) is 5.41 Å². The quantitative estimate of drug-likeness (QED) is 0.880. The zero-order valence-electron chi connectivity index (χ0n) is 11.2. The van der Waals surface area contributed by atoms with Crippen molar-refractivity contribution in [2.45, 2.75) is 39.2 Å². The zero-order valence-corrected chi connectivity index (χ0v) is 12.0. The Kier molecular flexibility index (Phi) is 4.40. The van der Waals surface area contributed by atoms with Gasteiger partial charge in [0.25, 0.3) is 0 Å². The van der Waals surface area contributed by atoms with E-state index in [1.54, 1.807) is 11.3 Å². The molecule has 0 spiro atoms. The van der Waals surface area contributed by atoms with Crippen molar-refractivity contribution >= 4 is 17.2 Å². The Morgan fingerprint density at radius 2 is 2.50 bits per heavy atom. The molecule has 0 radical (unpaired) electrons. The van der Waals surface area contributed by atoms with Gasteiger partial charge >= 0.3 is 0 Å². The lowest BCUT2D eigenvalue weighted by atomic mass is 9.77. The molecule has 1 aromatic heterocycles. The molecular weight excluding hydrogens is 244 g/mol. The summed E-state index contributed by atoms with van der Waals surface area (Å²) in [6.45, 7) is 6.02. The SMILES string of the molecule is CCC1(C(=O)NC(C)c2ccsc2)CCCNC1. The van der Waals surface area contributed by atoms with Crippen LogP contribution in [0.5, 0.6) is 0 Å². The minimum absolute atomic E-state index is 0.106. The predicted molar refractivity (Wildman–Crippen MR) is 75.7 cm³/mol. The van der Waals surface area contributed by atoms with E-state index in [-0.39, 0.29) is 17.4 Å². The summed E-state index contributed by atoms with van der Waals surface area (Å²) in [5.74, 6) is 0.205. The summed E-state index contributed by atoms with van der Waals surface area (Å²) >= 11 is 1.67. The van der Waals surface area contributed by atoms with Crippen molar-refractivity contribution in [2.75, 3.05) is 13.1 Å². The molecule has 1 fully saturated rings. The molecule has 1 aliphatic rings. The highest BCUT2D eigenvalue weighted by Gasteiger charge is 2.38. The first-order valence-corrected chi connectivity index (χ1v) is 7.66. The molecule has 2 unspecified atom stereocenters. The van der Waals surface area contributed by atoms with Crippen LogP contribution in [0.2, 0.25) is 0 Å². The number of carbonyl (C=O) groups excluding carboxylic acids is 1. The first kappa shape index (κ1) is 13.6. The smallest absolute Gasteiger partial charge is 0.227 e. The topological polar surface area (TPSA) is 41.1 Å². The van der Waals surface area contributed by atoms with Gasteiger partial charge < -0.3 is 10.6 Å². The van der Waals surface area contributed by atoms with E-state index in [1.165, 1.54) is 5.56 Å².